The molecule has 0 fully saturated rings. The molecule has 0 spiro atoms. The van der Waals surface area contributed by atoms with Crippen LogP contribution in [0.25, 0.3) is 16.7 Å². The van der Waals surface area contributed by atoms with Crippen LogP contribution in [0.15, 0.2) is 30.6 Å². The summed E-state index contributed by atoms with van der Waals surface area (Å²) < 4.78 is 4.49. The number of rotatable bonds is 1. The molecule has 0 unspecified atom stereocenters. The van der Waals surface area contributed by atoms with E-state index in [9.17, 15) is 0 Å². The maximum absolute atomic E-state index is 5.37. The molecule has 4 nitrogen and oxygen atoms in total. The molecule has 0 saturated carbocycles. The lowest BCUT2D eigenvalue weighted by Crippen LogP contribution is -1.93. The van der Waals surface area contributed by atoms with Crippen LogP contribution in [0, 0.1) is 11.7 Å². The molecule has 5 heteroatoms. The Hall–Kier alpha value is -1.88. The number of benzene rings is 1. The van der Waals surface area contributed by atoms with Crippen LogP contribution in [0.1, 0.15) is 5.56 Å². The van der Waals surface area contributed by atoms with Gasteiger partial charge in [-0.15, -0.1) is 0 Å². The highest BCUT2D eigenvalue weighted by atomic mass is 32.1. The van der Waals surface area contributed by atoms with E-state index in [1.165, 1.54) is 5.56 Å². The van der Waals surface area contributed by atoms with Crippen LogP contribution in [-0.4, -0.2) is 19.3 Å². The summed E-state index contributed by atoms with van der Waals surface area (Å²) in [5.74, 6) is 0. The van der Waals surface area contributed by atoms with E-state index in [0.717, 1.165) is 16.7 Å². The van der Waals surface area contributed by atoms with E-state index in [4.69, 9.17) is 12.2 Å². The van der Waals surface area contributed by atoms with Crippen LogP contribution in [-0.2, 0) is 7.05 Å². The van der Waals surface area contributed by atoms with Gasteiger partial charge >= 0.3 is 0 Å². The number of fused-ring (bicyclic) bond motifs is 1. The average molecular weight is 244 g/mol. The molecule has 3 rings (SSSR count). The van der Waals surface area contributed by atoms with E-state index in [1.807, 2.05) is 36.1 Å². The van der Waals surface area contributed by atoms with E-state index < -0.39 is 0 Å². The largest absolute Gasteiger partial charge is 0.330 e. The van der Waals surface area contributed by atoms with E-state index in [-0.39, 0.29) is 0 Å². The van der Waals surface area contributed by atoms with Crippen molar-refractivity contribution in [3.8, 4) is 5.69 Å². The molecular formula is C12H12N4S. The van der Waals surface area contributed by atoms with Gasteiger partial charge in [0.2, 0.25) is 0 Å². The molecule has 0 bridgehead atoms. The summed E-state index contributed by atoms with van der Waals surface area (Å²) in [6.07, 6.45) is 3.77. The van der Waals surface area contributed by atoms with E-state index in [0.29, 0.717) is 4.77 Å². The predicted octanol–water partition coefficient (Wildman–Crippen LogP) is 2.73. The fraction of sp³-hybridized carbons (Fsp3) is 0.167. The number of hydrogen-bond acceptors (Lipinski definition) is 2. The molecule has 0 aliphatic heterocycles. The normalized spacial score (nSPS) is 11.2. The Morgan fingerprint density at radius 2 is 2.18 bits per heavy atom. The first-order chi connectivity index (χ1) is 8.16. The molecular weight excluding hydrogens is 232 g/mol. The van der Waals surface area contributed by atoms with Crippen LogP contribution in [0.5, 0.6) is 0 Å². The van der Waals surface area contributed by atoms with Crippen molar-refractivity contribution < 1.29 is 0 Å². The fourth-order valence-corrected chi connectivity index (χ4v) is 2.41. The molecule has 0 atom stereocenters. The number of aryl methyl sites for hydroxylation is 2. The van der Waals surface area contributed by atoms with Crippen LogP contribution in [0.3, 0.4) is 0 Å². The number of aromatic nitrogens is 4. The van der Waals surface area contributed by atoms with E-state index in [1.54, 1.807) is 4.68 Å². The third kappa shape index (κ3) is 1.51. The second-order valence-electron chi connectivity index (χ2n) is 4.11. The van der Waals surface area contributed by atoms with Crippen LogP contribution < -0.4 is 0 Å². The van der Waals surface area contributed by atoms with Gasteiger partial charge in [0.15, 0.2) is 4.77 Å². The summed E-state index contributed by atoms with van der Waals surface area (Å²) in [5.41, 5.74) is 4.35. The number of nitrogens with one attached hydrogen (secondary N) is 1. The lowest BCUT2D eigenvalue weighted by molar-refractivity contribution is 0.767. The quantitative estimate of drug-likeness (QED) is 0.668. The summed E-state index contributed by atoms with van der Waals surface area (Å²) in [6, 6.07) is 6.14. The van der Waals surface area contributed by atoms with Crippen molar-refractivity contribution in [3.05, 3.63) is 40.9 Å². The summed E-state index contributed by atoms with van der Waals surface area (Å²) in [4.78, 5) is 3.22. The molecule has 0 aliphatic rings. The zero-order valence-corrected chi connectivity index (χ0v) is 10.5. The summed E-state index contributed by atoms with van der Waals surface area (Å²) in [7, 11) is 1.90. The molecule has 17 heavy (non-hydrogen) atoms. The third-order valence-corrected chi connectivity index (χ3v) is 3.14. The second-order valence-corrected chi connectivity index (χ2v) is 4.50. The van der Waals surface area contributed by atoms with Crippen molar-refractivity contribution >= 4 is 23.3 Å². The number of para-hydroxylation sites is 1. The van der Waals surface area contributed by atoms with Crippen molar-refractivity contribution in [1.29, 1.82) is 0 Å². The van der Waals surface area contributed by atoms with Crippen LogP contribution in [0.2, 0.25) is 0 Å². The Kier molecular flexibility index (Phi) is 2.16. The van der Waals surface area contributed by atoms with Gasteiger partial charge in [0.05, 0.1) is 22.9 Å². The van der Waals surface area contributed by atoms with Gasteiger partial charge < -0.3 is 4.98 Å². The smallest absolute Gasteiger partial charge is 0.182 e. The number of nitrogens with zero attached hydrogens (tertiary/aromatic N) is 3. The molecule has 3 aromatic rings. The summed E-state index contributed by atoms with van der Waals surface area (Å²) >= 11 is 5.37. The molecule has 1 N–H and O–H groups in total. The second kappa shape index (κ2) is 3.56. The molecule has 0 amide bonds. The minimum atomic E-state index is 0.697. The van der Waals surface area contributed by atoms with Crippen molar-refractivity contribution in [3.63, 3.8) is 0 Å². The van der Waals surface area contributed by atoms with Gasteiger partial charge in [-0.3, -0.25) is 9.25 Å². The van der Waals surface area contributed by atoms with E-state index >= 15 is 0 Å². The minimum absolute atomic E-state index is 0.697. The van der Waals surface area contributed by atoms with Crippen molar-refractivity contribution in [2.45, 2.75) is 6.92 Å². The Balaban J connectivity index is 2.43. The molecule has 1 aromatic carbocycles. The molecule has 0 saturated heterocycles. The summed E-state index contributed by atoms with van der Waals surface area (Å²) in [5, 5.41) is 4.19. The first kappa shape index (κ1) is 10.3. The van der Waals surface area contributed by atoms with Gasteiger partial charge in [-0.25, -0.2) is 0 Å². The fourth-order valence-electron chi connectivity index (χ4n) is 2.10. The number of imidazole rings is 1. The average Bonchev–Trinajstić information content (AvgIpc) is 2.82. The van der Waals surface area contributed by atoms with Gasteiger partial charge in [-0.1, -0.05) is 12.1 Å². The molecule has 0 radical (unpaired) electrons. The third-order valence-electron chi connectivity index (χ3n) is 2.86. The Morgan fingerprint density at radius 3 is 2.88 bits per heavy atom. The van der Waals surface area contributed by atoms with Gasteiger partial charge in [0.1, 0.15) is 0 Å². The predicted molar refractivity (Wildman–Crippen MR) is 70.0 cm³/mol. The maximum Gasteiger partial charge on any atom is 0.182 e. The van der Waals surface area contributed by atoms with Crippen molar-refractivity contribution in [2.75, 3.05) is 0 Å². The number of aromatic amines is 1. The zero-order valence-electron chi connectivity index (χ0n) is 9.64. The lowest BCUT2D eigenvalue weighted by Gasteiger charge is -2.02. The Morgan fingerprint density at radius 1 is 1.35 bits per heavy atom. The summed E-state index contributed by atoms with van der Waals surface area (Å²) in [6.45, 7) is 2.08. The van der Waals surface area contributed by atoms with Crippen LogP contribution in [0.4, 0.5) is 0 Å². The first-order valence-electron chi connectivity index (χ1n) is 5.36. The first-order valence-corrected chi connectivity index (χ1v) is 5.77. The number of hydrogen-bond donors (Lipinski definition) is 1. The Labute approximate surface area is 104 Å². The highest BCUT2D eigenvalue weighted by Gasteiger charge is 2.09. The van der Waals surface area contributed by atoms with Crippen molar-refractivity contribution in [2.24, 2.45) is 7.05 Å². The topological polar surface area (TPSA) is 38.5 Å². The molecule has 2 heterocycles. The van der Waals surface area contributed by atoms with Gasteiger partial charge in [-0.2, -0.15) is 5.10 Å². The highest BCUT2D eigenvalue weighted by molar-refractivity contribution is 7.71. The SMILES string of the molecule is Cc1cccc2[nH]c(=S)n(-c3cnn(C)c3)c12. The monoisotopic (exact) mass is 244 g/mol. The minimum Gasteiger partial charge on any atom is -0.330 e. The van der Waals surface area contributed by atoms with Gasteiger partial charge in [-0.05, 0) is 30.8 Å². The molecule has 2 aromatic heterocycles. The standard InChI is InChI=1S/C12H12N4S/c1-8-4-3-5-10-11(8)16(12(17)14-10)9-6-13-15(2)7-9/h3-7H,1-2H3,(H,14,17). The van der Waals surface area contributed by atoms with Gasteiger partial charge in [0, 0.05) is 13.2 Å². The van der Waals surface area contributed by atoms with E-state index in [2.05, 4.69) is 23.1 Å². The molecule has 0 aliphatic carbocycles. The maximum atomic E-state index is 5.37. The Bertz CT molecular complexity index is 747. The highest BCUT2D eigenvalue weighted by Crippen LogP contribution is 2.22. The van der Waals surface area contributed by atoms with Gasteiger partial charge in [0.25, 0.3) is 0 Å². The number of H-pyrrole nitrogens is 1. The lowest BCUT2D eigenvalue weighted by atomic mass is 10.2. The molecule has 86 valence electrons. The zero-order chi connectivity index (χ0) is 12.0. The van der Waals surface area contributed by atoms with Crippen molar-refractivity contribution in [1.82, 2.24) is 19.3 Å². The van der Waals surface area contributed by atoms with Crippen LogP contribution >= 0.6 is 12.2 Å².